The van der Waals surface area contributed by atoms with E-state index >= 15 is 0 Å². The first-order chi connectivity index (χ1) is 8.82. The second-order valence-corrected chi connectivity index (χ2v) is 7.41. The lowest BCUT2D eigenvalue weighted by molar-refractivity contribution is 0.427. The van der Waals surface area contributed by atoms with Crippen LogP contribution in [0.1, 0.15) is 51.1 Å². The summed E-state index contributed by atoms with van der Waals surface area (Å²) in [4.78, 5) is 0.310. The van der Waals surface area contributed by atoms with Gasteiger partial charge in [0.15, 0.2) is 0 Å². The minimum absolute atomic E-state index is 0.0861. The lowest BCUT2D eigenvalue weighted by atomic mass is 10.0. The first-order valence-electron chi connectivity index (χ1n) is 6.72. The number of hydrogen-bond donors (Lipinski definition) is 2. The number of nitrogens with two attached hydrogens (primary N) is 1. The van der Waals surface area contributed by atoms with Gasteiger partial charge in [-0.1, -0.05) is 25.0 Å². The maximum Gasteiger partial charge on any atom is 0.241 e. The molecule has 106 valence electrons. The molecule has 3 N–H and O–H groups in total. The van der Waals surface area contributed by atoms with Gasteiger partial charge in [0.2, 0.25) is 10.0 Å². The molecular weight excluding hydrogens is 260 g/mol. The molecule has 1 saturated carbocycles. The predicted octanol–water partition coefficient (Wildman–Crippen LogP) is 2.32. The highest BCUT2D eigenvalue weighted by molar-refractivity contribution is 7.89. The van der Waals surface area contributed by atoms with Crippen molar-refractivity contribution in [3.63, 3.8) is 0 Å². The van der Waals surface area contributed by atoms with Crippen LogP contribution < -0.4 is 10.5 Å². The third-order valence-electron chi connectivity index (χ3n) is 3.80. The van der Waals surface area contributed by atoms with E-state index in [1.165, 1.54) is 0 Å². The third-order valence-corrected chi connectivity index (χ3v) is 5.46. The van der Waals surface area contributed by atoms with E-state index in [9.17, 15) is 8.42 Å². The van der Waals surface area contributed by atoms with E-state index in [1.54, 1.807) is 24.3 Å². The van der Waals surface area contributed by atoms with Crippen LogP contribution in [0.3, 0.4) is 0 Å². The van der Waals surface area contributed by atoms with Crippen LogP contribution in [0.15, 0.2) is 29.2 Å². The summed E-state index contributed by atoms with van der Waals surface area (Å²) < 4.78 is 27.5. The highest BCUT2D eigenvalue weighted by Crippen LogP contribution is 2.30. The van der Waals surface area contributed by atoms with Gasteiger partial charge in [-0.3, -0.25) is 0 Å². The zero-order valence-corrected chi connectivity index (χ0v) is 12.3. The van der Waals surface area contributed by atoms with Crippen LogP contribution in [0.25, 0.3) is 0 Å². The molecule has 19 heavy (non-hydrogen) atoms. The number of sulfonamides is 1. The van der Waals surface area contributed by atoms with Crippen LogP contribution in [0, 0.1) is 0 Å². The van der Waals surface area contributed by atoms with Crippen molar-refractivity contribution in [2.75, 3.05) is 0 Å². The Morgan fingerprint density at radius 1 is 1.21 bits per heavy atom. The second-order valence-electron chi connectivity index (χ2n) is 5.73. The van der Waals surface area contributed by atoms with Crippen molar-refractivity contribution >= 4 is 10.0 Å². The Morgan fingerprint density at radius 3 is 2.21 bits per heavy atom. The van der Waals surface area contributed by atoms with Gasteiger partial charge in [0.1, 0.15) is 0 Å². The van der Waals surface area contributed by atoms with Crippen molar-refractivity contribution in [2.45, 2.75) is 56.0 Å². The normalized spacial score (nSPS) is 20.4. The molecule has 2 rings (SSSR count). The van der Waals surface area contributed by atoms with Gasteiger partial charge < -0.3 is 5.73 Å². The summed E-state index contributed by atoms with van der Waals surface area (Å²) >= 11 is 0. The molecule has 5 heteroatoms. The Bertz CT molecular complexity index is 529. The smallest absolute Gasteiger partial charge is 0.241 e. The number of hydrogen-bond acceptors (Lipinski definition) is 3. The SMILES string of the molecule is CC(N)c1ccc(S(=O)(=O)NC2(C)CCCC2)cc1. The van der Waals surface area contributed by atoms with Crippen LogP contribution in [-0.2, 0) is 10.0 Å². The Morgan fingerprint density at radius 2 is 1.74 bits per heavy atom. The molecule has 1 aromatic rings. The number of benzene rings is 1. The van der Waals surface area contributed by atoms with Crippen molar-refractivity contribution in [3.8, 4) is 0 Å². The molecule has 0 heterocycles. The Labute approximate surface area is 115 Å². The van der Waals surface area contributed by atoms with E-state index in [1.807, 2.05) is 13.8 Å². The maximum absolute atomic E-state index is 12.3. The maximum atomic E-state index is 12.3. The molecule has 1 atom stereocenters. The van der Waals surface area contributed by atoms with E-state index in [2.05, 4.69) is 4.72 Å². The van der Waals surface area contributed by atoms with Crippen molar-refractivity contribution in [3.05, 3.63) is 29.8 Å². The number of nitrogens with one attached hydrogen (secondary N) is 1. The minimum Gasteiger partial charge on any atom is -0.324 e. The summed E-state index contributed by atoms with van der Waals surface area (Å²) in [6.07, 6.45) is 3.99. The van der Waals surface area contributed by atoms with Crippen molar-refractivity contribution in [2.24, 2.45) is 5.73 Å². The van der Waals surface area contributed by atoms with E-state index in [4.69, 9.17) is 5.73 Å². The van der Waals surface area contributed by atoms with Crippen molar-refractivity contribution in [1.29, 1.82) is 0 Å². The Hall–Kier alpha value is -0.910. The molecule has 1 aliphatic carbocycles. The molecule has 1 aromatic carbocycles. The molecule has 0 bridgehead atoms. The molecule has 0 aliphatic heterocycles. The Kier molecular flexibility index (Phi) is 3.99. The molecule has 1 fully saturated rings. The monoisotopic (exact) mass is 282 g/mol. The molecule has 0 radical (unpaired) electrons. The average molecular weight is 282 g/mol. The Balaban J connectivity index is 2.19. The first kappa shape index (κ1) is 14.5. The minimum atomic E-state index is -3.44. The van der Waals surface area contributed by atoms with E-state index in [-0.39, 0.29) is 11.6 Å². The third kappa shape index (κ3) is 3.35. The standard InChI is InChI=1S/C14H22N2O2S/c1-11(15)12-5-7-13(8-6-12)19(17,18)16-14(2)9-3-4-10-14/h5-8,11,16H,3-4,9-10,15H2,1-2H3. The molecule has 0 amide bonds. The fourth-order valence-electron chi connectivity index (χ4n) is 2.59. The molecule has 1 aliphatic rings. The van der Waals surface area contributed by atoms with Crippen molar-refractivity contribution in [1.82, 2.24) is 4.72 Å². The molecule has 0 aromatic heterocycles. The summed E-state index contributed by atoms with van der Waals surface area (Å²) in [6.45, 7) is 3.86. The van der Waals surface area contributed by atoms with E-state index < -0.39 is 10.0 Å². The van der Waals surface area contributed by atoms with Gasteiger partial charge >= 0.3 is 0 Å². The largest absolute Gasteiger partial charge is 0.324 e. The van der Waals surface area contributed by atoms with Crippen molar-refractivity contribution < 1.29 is 8.42 Å². The van der Waals surface area contributed by atoms with Gasteiger partial charge in [0, 0.05) is 11.6 Å². The highest BCUT2D eigenvalue weighted by atomic mass is 32.2. The van der Waals surface area contributed by atoms with E-state index in [0.717, 1.165) is 31.2 Å². The molecule has 1 unspecified atom stereocenters. The van der Waals surface area contributed by atoms with Gasteiger partial charge in [0.05, 0.1) is 4.90 Å². The number of rotatable bonds is 4. The van der Waals surface area contributed by atoms with Gasteiger partial charge in [-0.25, -0.2) is 13.1 Å². The summed E-state index contributed by atoms with van der Waals surface area (Å²) in [7, 11) is -3.44. The fourth-order valence-corrected chi connectivity index (χ4v) is 4.06. The quantitative estimate of drug-likeness (QED) is 0.890. The van der Waals surface area contributed by atoms with Crippen LogP contribution in [0.4, 0.5) is 0 Å². The lowest BCUT2D eigenvalue weighted by Gasteiger charge is -2.25. The van der Waals surface area contributed by atoms with Crippen LogP contribution in [0.2, 0.25) is 0 Å². The van der Waals surface area contributed by atoms with Crippen LogP contribution in [0.5, 0.6) is 0 Å². The zero-order chi connectivity index (χ0) is 14.1. The fraction of sp³-hybridized carbons (Fsp3) is 0.571. The molecule has 0 saturated heterocycles. The summed E-state index contributed by atoms with van der Waals surface area (Å²) in [6, 6.07) is 6.71. The predicted molar refractivity (Wildman–Crippen MR) is 76.2 cm³/mol. The summed E-state index contributed by atoms with van der Waals surface area (Å²) in [5.41, 5.74) is 6.40. The average Bonchev–Trinajstić information content (AvgIpc) is 2.75. The van der Waals surface area contributed by atoms with Gasteiger partial charge in [-0.15, -0.1) is 0 Å². The summed E-state index contributed by atoms with van der Waals surface area (Å²) in [5, 5.41) is 0. The molecular formula is C14H22N2O2S. The topological polar surface area (TPSA) is 72.2 Å². The van der Waals surface area contributed by atoms with Crippen LogP contribution >= 0.6 is 0 Å². The zero-order valence-electron chi connectivity index (χ0n) is 11.5. The highest BCUT2D eigenvalue weighted by Gasteiger charge is 2.33. The molecule has 4 nitrogen and oxygen atoms in total. The lowest BCUT2D eigenvalue weighted by Crippen LogP contribution is -2.43. The van der Waals surface area contributed by atoms with Gasteiger partial charge in [0.25, 0.3) is 0 Å². The second kappa shape index (κ2) is 5.23. The van der Waals surface area contributed by atoms with E-state index in [0.29, 0.717) is 4.90 Å². The van der Waals surface area contributed by atoms with Gasteiger partial charge in [-0.05, 0) is 44.4 Å². The summed E-state index contributed by atoms with van der Waals surface area (Å²) in [5.74, 6) is 0. The van der Waals surface area contributed by atoms with Crippen LogP contribution in [-0.4, -0.2) is 14.0 Å². The molecule has 0 spiro atoms. The van der Waals surface area contributed by atoms with Gasteiger partial charge in [-0.2, -0.15) is 0 Å². The first-order valence-corrected chi connectivity index (χ1v) is 8.20.